The minimum atomic E-state index is -0.568. The van der Waals surface area contributed by atoms with Crippen LogP contribution in [-0.4, -0.2) is 21.3 Å². The molecular weight excluding hydrogens is 408 g/mol. The van der Waals surface area contributed by atoms with E-state index in [1.165, 1.54) is 23.2 Å². The molecule has 1 fully saturated rings. The van der Waals surface area contributed by atoms with E-state index in [-0.39, 0.29) is 16.3 Å². The predicted molar refractivity (Wildman–Crippen MR) is 112 cm³/mol. The average Bonchev–Trinajstić information content (AvgIpc) is 3.28. The number of hydrazine groups is 1. The first-order chi connectivity index (χ1) is 14.3. The summed E-state index contributed by atoms with van der Waals surface area (Å²) in [6, 6.07) is 15.0. The maximum absolute atomic E-state index is 12.8. The van der Waals surface area contributed by atoms with Crippen molar-refractivity contribution in [3.8, 4) is 5.69 Å². The molecule has 0 bridgehead atoms. The van der Waals surface area contributed by atoms with Crippen LogP contribution in [0.25, 0.3) is 11.8 Å². The Morgan fingerprint density at radius 2 is 1.87 bits per heavy atom. The lowest BCUT2D eigenvalue weighted by atomic mass is 10.2. The van der Waals surface area contributed by atoms with Gasteiger partial charge in [0.25, 0.3) is 17.5 Å². The molecule has 150 valence electrons. The number of aryl methyl sites for hydroxylation is 1. The molecule has 1 N–H and O–H groups in total. The van der Waals surface area contributed by atoms with E-state index in [4.69, 9.17) is 11.6 Å². The molecule has 30 heavy (non-hydrogen) atoms. The summed E-state index contributed by atoms with van der Waals surface area (Å²) in [4.78, 5) is 35.9. The maximum atomic E-state index is 12.8. The summed E-state index contributed by atoms with van der Waals surface area (Å²) >= 11 is 5.89. The number of nitro benzene ring substituents is 1. The van der Waals surface area contributed by atoms with Crippen molar-refractivity contribution < 1.29 is 14.5 Å². The molecule has 4 rings (SSSR count). The van der Waals surface area contributed by atoms with Crippen molar-refractivity contribution in [2.45, 2.75) is 6.92 Å². The molecule has 0 radical (unpaired) electrons. The first-order valence-corrected chi connectivity index (χ1v) is 9.28. The van der Waals surface area contributed by atoms with Gasteiger partial charge in [-0.2, -0.15) is 0 Å². The number of anilines is 1. The third kappa shape index (κ3) is 3.44. The zero-order valence-electron chi connectivity index (χ0n) is 15.7. The molecule has 0 atom stereocenters. The van der Waals surface area contributed by atoms with Gasteiger partial charge in [-0.25, -0.2) is 5.01 Å². The van der Waals surface area contributed by atoms with E-state index in [0.717, 1.165) is 5.56 Å². The summed E-state index contributed by atoms with van der Waals surface area (Å²) in [6.07, 6.45) is 3.13. The Kier molecular flexibility index (Phi) is 4.85. The lowest BCUT2D eigenvalue weighted by Crippen LogP contribution is -2.35. The average molecular weight is 423 g/mol. The van der Waals surface area contributed by atoms with Crippen molar-refractivity contribution in [1.29, 1.82) is 0 Å². The molecular formula is C21H15ClN4O4. The molecule has 0 saturated carbocycles. The Bertz CT molecular complexity index is 1230. The van der Waals surface area contributed by atoms with Crippen LogP contribution in [0.5, 0.6) is 0 Å². The minimum Gasteiger partial charge on any atom is -0.317 e. The fourth-order valence-corrected chi connectivity index (χ4v) is 3.38. The van der Waals surface area contributed by atoms with Crippen molar-refractivity contribution in [3.05, 3.63) is 92.8 Å². The number of nitrogens with zero attached hydrogens (tertiary/aromatic N) is 3. The molecule has 2 heterocycles. The predicted octanol–water partition coefficient (Wildman–Crippen LogP) is 3.81. The highest BCUT2D eigenvalue weighted by molar-refractivity contribution is 6.32. The van der Waals surface area contributed by atoms with E-state index in [0.29, 0.717) is 17.1 Å². The summed E-state index contributed by atoms with van der Waals surface area (Å²) < 4.78 is 1.63. The highest BCUT2D eigenvalue weighted by Gasteiger charge is 2.34. The van der Waals surface area contributed by atoms with E-state index in [1.54, 1.807) is 47.2 Å². The van der Waals surface area contributed by atoms with Crippen LogP contribution in [0, 0.1) is 17.0 Å². The molecule has 0 unspecified atom stereocenters. The van der Waals surface area contributed by atoms with E-state index < -0.39 is 16.7 Å². The van der Waals surface area contributed by atoms with Gasteiger partial charge in [-0.05, 0) is 55.0 Å². The number of hydrogen-bond donors (Lipinski definition) is 1. The maximum Gasteiger partial charge on any atom is 0.289 e. The summed E-state index contributed by atoms with van der Waals surface area (Å²) in [5, 5.41) is 12.4. The Morgan fingerprint density at radius 3 is 2.60 bits per heavy atom. The minimum absolute atomic E-state index is 0.0231. The van der Waals surface area contributed by atoms with E-state index >= 15 is 0 Å². The number of aromatic nitrogens is 1. The smallest absolute Gasteiger partial charge is 0.289 e. The van der Waals surface area contributed by atoms with Gasteiger partial charge in [0, 0.05) is 18.0 Å². The van der Waals surface area contributed by atoms with Gasteiger partial charge < -0.3 is 4.57 Å². The van der Waals surface area contributed by atoms with E-state index in [2.05, 4.69) is 5.43 Å². The van der Waals surface area contributed by atoms with Crippen LogP contribution in [0.2, 0.25) is 5.02 Å². The number of carbonyl (C=O) groups is 2. The Labute approximate surface area is 176 Å². The largest absolute Gasteiger partial charge is 0.317 e. The number of nitrogens with one attached hydrogen (secondary N) is 1. The number of halogens is 1. The van der Waals surface area contributed by atoms with Crippen molar-refractivity contribution in [2.75, 3.05) is 5.01 Å². The Hall–Kier alpha value is -3.91. The first-order valence-electron chi connectivity index (χ1n) is 8.90. The topological polar surface area (TPSA) is 97.5 Å². The molecule has 9 heteroatoms. The number of amides is 2. The molecule has 2 amide bonds. The van der Waals surface area contributed by atoms with Crippen LogP contribution in [-0.2, 0) is 9.59 Å². The highest BCUT2D eigenvalue weighted by Crippen LogP contribution is 2.28. The molecule has 2 aromatic carbocycles. The van der Waals surface area contributed by atoms with Gasteiger partial charge in [-0.15, -0.1) is 0 Å². The van der Waals surface area contributed by atoms with Crippen LogP contribution in [0.1, 0.15) is 11.3 Å². The van der Waals surface area contributed by atoms with Crippen LogP contribution in [0.4, 0.5) is 11.4 Å². The van der Waals surface area contributed by atoms with Gasteiger partial charge in [-0.3, -0.25) is 25.1 Å². The van der Waals surface area contributed by atoms with E-state index in [1.807, 2.05) is 13.0 Å². The van der Waals surface area contributed by atoms with Crippen molar-refractivity contribution >= 4 is 40.9 Å². The van der Waals surface area contributed by atoms with Crippen molar-refractivity contribution in [3.63, 3.8) is 0 Å². The Morgan fingerprint density at radius 1 is 1.07 bits per heavy atom. The zero-order valence-corrected chi connectivity index (χ0v) is 16.5. The normalized spacial score (nSPS) is 15.0. The molecule has 1 aromatic heterocycles. The molecule has 1 aliphatic heterocycles. The zero-order chi connectivity index (χ0) is 21.4. The quantitative estimate of drug-likeness (QED) is 0.299. The molecule has 1 saturated heterocycles. The van der Waals surface area contributed by atoms with Crippen molar-refractivity contribution in [1.82, 2.24) is 9.99 Å². The third-order valence-corrected chi connectivity index (χ3v) is 4.95. The fourth-order valence-electron chi connectivity index (χ4n) is 3.19. The van der Waals surface area contributed by atoms with Crippen LogP contribution in [0.3, 0.4) is 0 Å². The van der Waals surface area contributed by atoms with Gasteiger partial charge in [-0.1, -0.05) is 23.7 Å². The molecule has 8 nitrogen and oxygen atoms in total. The van der Waals surface area contributed by atoms with Gasteiger partial charge in [0.1, 0.15) is 10.6 Å². The number of rotatable bonds is 4. The van der Waals surface area contributed by atoms with E-state index in [9.17, 15) is 19.7 Å². The highest BCUT2D eigenvalue weighted by atomic mass is 35.5. The summed E-state index contributed by atoms with van der Waals surface area (Å²) in [7, 11) is 0. The van der Waals surface area contributed by atoms with Crippen LogP contribution >= 0.6 is 11.6 Å². The van der Waals surface area contributed by atoms with Crippen LogP contribution < -0.4 is 10.4 Å². The number of benzene rings is 2. The molecule has 3 aromatic rings. The van der Waals surface area contributed by atoms with Crippen LogP contribution in [0.15, 0.2) is 66.4 Å². The second-order valence-electron chi connectivity index (χ2n) is 6.67. The number of nitro groups is 1. The second kappa shape index (κ2) is 7.49. The monoisotopic (exact) mass is 422 g/mol. The molecule has 0 spiro atoms. The van der Waals surface area contributed by atoms with Gasteiger partial charge >= 0.3 is 0 Å². The van der Waals surface area contributed by atoms with Gasteiger partial charge in [0.05, 0.1) is 16.3 Å². The third-order valence-electron chi connectivity index (χ3n) is 4.63. The number of carbonyl (C=O) groups excluding carboxylic acids is 2. The fraction of sp³-hybridized carbons (Fsp3) is 0.0476. The summed E-state index contributed by atoms with van der Waals surface area (Å²) in [5.74, 6) is -1.02. The van der Waals surface area contributed by atoms with Gasteiger partial charge in [0.2, 0.25) is 0 Å². The van der Waals surface area contributed by atoms with Crippen molar-refractivity contribution in [2.24, 2.45) is 0 Å². The molecule has 1 aliphatic rings. The Balaban J connectivity index is 1.71. The second-order valence-corrected chi connectivity index (χ2v) is 7.08. The lowest BCUT2D eigenvalue weighted by molar-refractivity contribution is -0.384. The summed E-state index contributed by atoms with van der Waals surface area (Å²) in [5.41, 5.74) is 4.78. The standard InChI is InChI=1S/C21H15ClN4O4/c1-13-4-2-5-16(10-13)25-21(28)17(20(27)23-25)11-14-6-3-9-24(14)15-7-8-18(22)19(12-15)26(29)30/h2-12H,1H3,(H,23,27). The SMILES string of the molecule is Cc1cccc(N2NC(=O)C(=Cc3cccn3-c3ccc(Cl)c([N+](=O)[O-])c3)C2=O)c1. The number of hydrogen-bond acceptors (Lipinski definition) is 4. The molecule has 0 aliphatic carbocycles. The lowest BCUT2D eigenvalue weighted by Gasteiger charge is -2.14. The van der Waals surface area contributed by atoms with Gasteiger partial charge in [0.15, 0.2) is 0 Å². The first kappa shape index (κ1) is 19.4. The summed E-state index contributed by atoms with van der Waals surface area (Å²) in [6.45, 7) is 1.89.